The van der Waals surface area contributed by atoms with Gasteiger partial charge in [0.05, 0.1) is 18.8 Å². The molecule has 1 N–H and O–H groups in total. The lowest BCUT2D eigenvalue weighted by atomic mass is 9.96. The maximum Gasteiger partial charge on any atom is 0.278 e. The van der Waals surface area contributed by atoms with Crippen LogP contribution in [0, 0.1) is 12.8 Å². The molecule has 0 aliphatic carbocycles. The molecule has 1 aliphatic heterocycles. The van der Waals surface area contributed by atoms with E-state index >= 15 is 0 Å². The standard InChI is InChI=1S/C21H22BrN5O2/c1-11(2)8-15-16-17(26-25-15)21(28)27(19-12(3)9-13(22)10-24-19)18(16)14-6-5-7-23-20(14)29-4/h5-7,9-11,18H,8H2,1-4H3,(H,25,26). The van der Waals surface area contributed by atoms with E-state index in [1.165, 1.54) is 0 Å². The number of anilines is 1. The van der Waals surface area contributed by atoms with Crippen molar-refractivity contribution in [1.82, 2.24) is 20.2 Å². The number of ether oxygens (including phenoxy) is 1. The second-order valence-electron chi connectivity index (χ2n) is 7.53. The van der Waals surface area contributed by atoms with Gasteiger partial charge in [0.15, 0.2) is 0 Å². The Morgan fingerprint density at radius 1 is 1.34 bits per heavy atom. The van der Waals surface area contributed by atoms with Crippen LogP contribution in [-0.2, 0) is 6.42 Å². The first-order valence-electron chi connectivity index (χ1n) is 9.44. The van der Waals surface area contributed by atoms with Crippen molar-refractivity contribution in [1.29, 1.82) is 0 Å². The normalized spacial score (nSPS) is 15.9. The number of amides is 1. The molecule has 4 rings (SSSR count). The van der Waals surface area contributed by atoms with Gasteiger partial charge >= 0.3 is 0 Å². The molecule has 8 heteroatoms. The lowest BCUT2D eigenvalue weighted by molar-refractivity contribution is 0.0987. The van der Waals surface area contributed by atoms with Crippen molar-refractivity contribution in [3.05, 3.63) is 63.1 Å². The van der Waals surface area contributed by atoms with Crippen LogP contribution in [0.5, 0.6) is 5.88 Å². The molecule has 0 bridgehead atoms. The molecule has 1 atom stereocenters. The van der Waals surface area contributed by atoms with E-state index < -0.39 is 6.04 Å². The van der Waals surface area contributed by atoms with Crippen molar-refractivity contribution < 1.29 is 9.53 Å². The Balaban J connectivity index is 1.95. The van der Waals surface area contributed by atoms with Gasteiger partial charge in [-0.25, -0.2) is 9.97 Å². The molecule has 1 unspecified atom stereocenters. The summed E-state index contributed by atoms with van der Waals surface area (Å²) in [5, 5.41) is 7.43. The second-order valence-corrected chi connectivity index (χ2v) is 8.45. The van der Waals surface area contributed by atoms with Crippen LogP contribution in [0.2, 0.25) is 0 Å². The molecule has 0 spiro atoms. The van der Waals surface area contributed by atoms with Gasteiger partial charge in [-0.1, -0.05) is 13.8 Å². The van der Waals surface area contributed by atoms with Gasteiger partial charge in [-0.15, -0.1) is 0 Å². The fourth-order valence-electron chi connectivity index (χ4n) is 3.84. The van der Waals surface area contributed by atoms with Crippen molar-refractivity contribution in [3.63, 3.8) is 0 Å². The second kappa shape index (κ2) is 7.59. The third-order valence-electron chi connectivity index (χ3n) is 4.98. The van der Waals surface area contributed by atoms with Gasteiger partial charge in [-0.05, 0) is 59.0 Å². The van der Waals surface area contributed by atoms with Crippen LogP contribution < -0.4 is 9.64 Å². The van der Waals surface area contributed by atoms with E-state index in [1.807, 2.05) is 25.1 Å². The Hall–Kier alpha value is -2.74. The molecule has 7 nitrogen and oxygen atoms in total. The Morgan fingerprint density at radius 2 is 2.14 bits per heavy atom. The third kappa shape index (κ3) is 3.31. The van der Waals surface area contributed by atoms with E-state index in [9.17, 15) is 4.79 Å². The predicted molar refractivity (Wildman–Crippen MR) is 113 cm³/mol. The molecule has 0 aromatic carbocycles. The number of hydrogen-bond donors (Lipinski definition) is 1. The summed E-state index contributed by atoms with van der Waals surface area (Å²) in [7, 11) is 1.58. The summed E-state index contributed by atoms with van der Waals surface area (Å²) in [5.41, 5.74) is 3.96. The number of aromatic amines is 1. The van der Waals surface area contributed by atoms with Crippen molar-refractivity contribution in [3.8, 4) is 5.88 Å². The number of fused-ring (bicyclic) bond motifs is 1. The fraction of sp³-hybridized carbons (Fsp3) is 0.333. The van der Waals surface area contributed by atoms with Crippen molar-refractivity contribution in [2.45, 2.75) is 33.2 Å². The molecule has 0 radical (unpaired) electrons. The van der Waals surface area contributed by atoms with E-state index in [1.54, 1.807) is 24.4 Å². The summed E-state index contributed by atoms with van der Waals surface area (Å²) in [4.78, 5) is 24.1. The number of nitrogens with zero attached hydrogens (tertiary/aromatic N) is 4. The Morgan fingerprint density at radius 3 is 2.83 bits per heavy atom. The first kappa shape index (κ1) is 19.6. The molecule has 0 saturated carbocycles. The zero-order chi connectivity index (χ0) is 20.7. The van der Waals surface area contributed by atoms with Crippen molar-refractivity contribution in [2.24, 2.45) is 5.92 Å². The van der Waals surface area contributed by atoms with E-state index in [-0.39, 0.29) is 5.91 Å². The predicted octanol–water partition coefficient (Wildman–Crippen LogP) is 4.23. The molecule has 1 aliphatic rings. The van der Waals surface area contributed by atoms with Gasteiger partial charge in [0.1, 0.15) is 11.5 Å². The van der Waals surface area contributed by atoms with Gasteiger partial charge < -0.3 is 4.74 Å². The maximum absolute atomic E-state index is 13.5. The SMILES string of the molecule is COc1ncccc1C1c2c(CC(C)C)n[nH]c2C(=O)N1c1ncc(Br)cc1C. The van der Waals surface area contributed by atoms with Gasteiger partial charge in [0, 0.05) is 28.0 Å². The molecular weight excluding hydrogens is 434 g/mol. The molecule has 1 amide bonds. The molecular formula is C21H22BrN5O2. The summed E-state index contributed by atoms with van der Waals surface area (Å²) < 4.78 is 6.39. The lowest BCUT2D eigenvalue weighted by Crippen LogP contribution is -2.31. The number of aryl methyl sites for hydroxylation is 1. The summed E-state index contributed by atoms with van der Waals surface area (Å²) in [5.74, 6) is 1.33. The number of H-pyrrole nitrogens is 1. The number of carbonyl (C=O) groups is 1. The zero-order valence-corrected chi connectivity index (χ0v) is 18.3. The average Bonchev–Trinajstić information content (AvgIpc) is 3.21. The molecule has 29 heavy (non-hydrogen) atoms. The van der Waals surface area contributed by atoms with Crippen LogP contribution in [0.25, 0.3) is 0 Å². The summed E-state index contributed by atoms with van der Waals surface area (Å²) in [6.07, 6.45) is 4.14. The van der Waals surface area contributed by atoms with Crippen LogP contribution in [0.4, 0.5) is 5.82 Å². The van der Waals surface area contributed by atoms with Crippen molar-refractivity contribution in [2.75, 3.05) is 12.0 Å². The highest BCUT2D eigenvalue weighted by Crippen LogP contribution is 2.45. The van der Waals surface area contributed by atoms with Crippen molar-refractivity contribution >= 4 is 27.7 Å². The van der Waals surface area contributed by atoms with E-state index in [0.29, 0.717) is 23.3 Å². The van der Waals surface area contributed by atoms with E-state index in [4.69, 9.17) is 4.74 Å². The Kier molecular flexibility index (Phi) is 5.12. The largest absolute Gasteiger partial charge is 0.481 e. The topological polar surface area (TPSA) is 84.0 Å². The summed E-state index contributed by atoms with van der Waals surface area (Å²) in [6, 6.07) is 5.32. The minimum Gasteiger partial charge on any atom is -0.481 e. The van der Waals surface area contributed by atoms with E-state index in [0.717, 1.165) is 33.3 Å². The minimum atomic E-state index is -0.416. The summed E-state index contributed by atoms with van der Waals surface area (Å²) >= 11 is 3.45. The molecule has 3 aromatic rings. The molecule has 150 valence electrons. The number of rotatable bonds is 5. The molecule has 0 fully saturated rings. The van der Waals surface area contributed by atoms with Gasteiger partial charge in [-0.3, -0.25) is 14.8 Å². The quantitative estimate of drug-likeness (QED) is 0.622. The Bertz CT molecular complexity index is 1080. The third-order valence-corrected chi connectivity index (χ3v) is 5.42. The van der Waals surface area contributed by atoms with Crippen LogP contribution in [0.15, 0.2) is 35.1 Å². The number of aromatic nitrogens is 4. The number of halogens is 1. The van der Waals surface area contributed by atoms with Crippen LogP contribution in [0.1, 0.15) is 52.8 Å². The number of carbonyl (C=O) groups excluding carboxylic acids is 1. The van der Waals surface area contributed by atoms with E-state index in [2.05, 4.69) is 49.9 Å². The first-order valence-corrected chi connectivity index (χ1v) is 10.2. The monoisotopic (exact) mass is 455 g/mol. The number of methoxy groups -OCH3 is 1. The highest BCUT2D eigenvalue weighted by Gasteiger charge is 2.45. The molecule has 0 saturated heterocycles. The van der Waals surface area contributed by atoms with Gasteiger partial charge in [0.25, 0.3) is 5.91 Å². The highest BCUT2D eigenvalue weighted by molar-refractivity contribution is 9.10. The average molecular weight is 456 g/mol. The smallest absolute Gasteiger partial charge is 0.278 e. The van der Waals surface area contributed by atoms with Crippen LogP contribution in [-0.4, -0.2) is 33.2 Å². The van der Waals surface area contributed by atoms with Crippen LogP contribution in [0.3, 0.4) is 0 Å². The molecule has 3 aromatic heterocycles. The lowest BCUT2D eigenvalue weighted by Gasteiger charge is -2.27. The summed E-state index contributed by atoms with van der Waals surface area (Å²) in [6.45, 7) is 6.21. The number of hydrogen-bond acceptors (Lipinski definition) is 5. The number of nitrogens with one attached hydrogen (secondary N) is 1. The van der Waals surface area contributed by atoms with Gasteiger partial charge in [0.2, 0.25) is 5.88 Å². The Labute approximate surface area is 177 Å². The minimum absolute atomic E-state index is 0.156. The number of pyridine rings is 2. The first-order chi connectivity index (χ1) is 13.9. The highest BCUT2D eigenvalue weighted by atomic mass is 79.9. The fourth-order valence-corrected chi connectivity index (χ4v) is 4.28. The molecule has 4 heterocycles. The maximum atomic E-state index is 13.5. The van der Waals surface area contributed by atoms with Gasteiger partial charge in [-0.2, -0.15) is 5.10 Å². The zero-order valence-electron chi connectivity index (χ0n) is 16.7. The van der Waals surface area contributed by atoms with Crippen LogP contribution >= 0.6 is 15.9 Å².